The molecule has 0 aliphatic rings. The third-order valence-corrected chi connectivity index (χ3v) is 4.03. The van der Waals surface area contributed by atoms with E-state index in [0.717, 1.165) is 28.9 Å². The molecule has 0 aromatic carbocycles. The number of nitrogens with zero attached hydrogens (tertiary/aromatic N) is 2. The lowest BCUT2D eigenvalue weighted by Gasteiger charge is -2.25. The molecule has 1 heterocycles. The number of nitrogens with one attached hydrogen (secondary N) is 1. The first kappa shape index (κ1) is 15.2. The van der Waals surface area contributed by atoms with Crippen LogP contribution in [-0.4, -0.2) is 31.7 Å². The molecule has 0 spiro atoms. The Kier molecular flexibility index (Phi) is 5.41. The van der Waals surface area contributed by atoms with Gasteiger partial charge in [-0.05, 0) is 20.3 Å². The third kappa shape index (κ3) is 4.14. The lowest BCUT2D eigenvalue weighted by Crippen LogP contribution is -2.38. The summed E-state index contributed by atoms with van der Waals surface area (Å²) in [4.78, 5) is 7.62. The minimum Gasteiger partial charge on any atom is -0.480 e. The van der Waals surface area contributed by atoms with Crippen molar-refractivity contribution in [1.82, 2.24) is 10.3 Å². The Bertz CT molecular complexity index is 374. The van der Waals surface area contributed by atoms with Crippen molar-refractivity contribution in [2.75, 3.05) is 26.1 Å². The largest absolute Gasteiger partial charge is 0.480 e. The minimum absolute atomic E-state index is 0.155. The van der Waals surface area contributed by atoms with Gasteiger partial charge in [0.2, 0.25) is 5.88 Å². The van der Waals surface area contributed by atoms with E-state index in [1.165, 1.54) is 6.42 Å². The van der Waals surface area contributed by atoms with Crippen molar-refractivity contribution in [3.63, 3.8) is 0 Å². The van der Waals surface area contributed by atoms with Gasteiger partial charge < -0.3 is 15.0 Å². The topological polar surface area (TPSA) is 37.4 Å². The van der Waals surface area contributed by atoms with Crippen molar-refractivity contribution in [1.29, 1.82) is 0 Å². The van der Waals surface area contributed by atoms with Crippen LogP contribution in [0, 0.1) is 0 Å². The van der Waals surface area contributed by atoms with Gasteiger partial charge in [0, 0.05) is 26.2 Å². The normalized spacial score (nSPS) is 11.7. The minimum atomic E-state index is 0.155. The van der Waals surface area contributed by atoms with Crippen LogP contribution in [0.5, 0.6) is 5.88 Å². The first-order chi connectivity index (χ1) is 8.39. The van der Waals surface area contributed by atoms with Gasteiger partial charge in [0.1, 0.15) is 0 Å². The summed E-state index contributed by atoms with van der Waals surface area (Å²) in [5.41, 5.74) is 0.155. The van der Waals surface area contributed by atoms with Crippen LogP contribution in [0.15, 0.2) is 0 Å². The molecule has 18 heavy (non-hydrogen) atoms. The van der Waals surface area contributed by atoms with Crippen LogP contribution in [-0.2, 0) is 6.54 Å². The Morgan fingerprint density at radius 1 is 1.39 bits per heavy atom. The third-order valence-electron chi connectivity index (χ3n) is 2.83. The summed E-state index contributed by atoms with van der Waals surface area (Å²) in [6.07, 6.45) is 2.34. The van der Waals surface area contributed by atoms with E-state index in [-0.39, 0.29) is 5.54 Å². The maximum Gasteiger partial charge on any atom is 0.230 e. The summed E-state index contributed by atoms with van der Waals surface area (Å²) in [6.45, 7) is 7.48. The first-order valence-corrected chi connectivity index (χ1v) is 7.17. The monoisotopic (exact) mass is 271 g/mol. The highest BCUT2D eigenvalue weighted by Crippen LogP contribution is 2.30. The molecule has 1 N–H and O–H groups in total. The van der Waals surface area contributed by atoms with Crippen LogP contribution in [0.25, 0.3) is 0 Å². The molecule has 0 aliphatic heterocycles. The summed E-state index contributed by atoms with van der Waals surface area (Å²) in [6, 6.07) is 0. The van der Waals surface area contributed by atoms with E-state index in [1.54, 1.807) is 18.4 Å². The van der Waals surface area contributed by atoms with Crippen molar-refractivity contribution in [3.8, 4) is 5.88 Å². The van der Waals surface area contributed by atoms with Gasteiger partial charge in [-0.2, -0.15) is 4.98 Å². The van der Waals surface area contributed by atoms with Gasteiger partial charge in [-0.1, -0.05) is 24.7 Å². The Balaban J connectivity index is 2.72. The molecule has 0 atom stereocenters. The number of ether oxygens (including phenoxy) is 1. The molecule has 0 radical (unpaired) electrons. The van der Waals surface area contributed by atoms with Crippen molar-refractivity contribution in [2.45, 2.75) is 45.7 Å². The van der Waals surface area contributed by atoms with E-state index in [9.17, 15) is 0 Å². The zero-order valence-electron chi connectivity index (χ0n) is 12.3. The molecule has 0 bridgehead atoms. The van der Waals surface area contributed by atoms with Gasteiger partial charge in [-0.3, -0.25) is 0 Å². The maximum absolute atomic E-state index is 5.33. The number of rotatable bonds is 7. The zero-order chi connectivity index (χ0) is 13.8. The average Bonchev–Trinajstić information content (AvgIpc) is 2.69. The van der Waals surface area contributed by atoms with Crippen LogP contribution >= 0.6 is 11.3 Å². The van der Waals surface area contributed by atoms with Crippen molar-refractivity contribution in [3.05, 3.63) is 4.88 Å². The average molecular weight is 271 g/mol. The molecule has 0 fully saturated rings. The quantitative estimate of drug-likeness (QED) is 0.827. The SMILES string of the molecule is CCCC(C)(C)NCc1sc(N(C)C)nc1OC. The van der Waals surface area contributed by atoms with Crippen LogP contribution < -0.4 is 15.0 Å². The summed E-state index contributed by atoms with van der Waals surface area (Å²) in [7, 11) is 5.67. The van der Waals surface area contributed by atoms with Crippen molar-refractivity contribution < 1.29 is 4.74 Å². The Morgan fingerprint density at radius 3 is 2.56 bits per heavy atom. The van der Waals surface area contributed by atoms with E-state index < -0.39 is 0 Å². The predicted octanol–water partition coefficient (Wildman–Crippen LogP) is 2.89. The summed E-state index contributed by atoms with van der Waals surface area (Å²) >= 11 is 1.68. The van der Waals surface area contributed by atoms with Gasteiger partial charge >= 0.3 is 0 Å². The second kappa shape index (κ2) is 6.38. The molecule has 0 saturated heterocycles. The fourth-order valence-corrected chi connectivity index (χ4v) is 2.71. The first-order valence-electron chi connectivity index (χ1n) is 6.35. The van der Waals surface area contributed by atoms with E-state index in [2.05, 4.69) is 31.1 Å². The number of hydrogen-bond acceptors (Lipinski definition) is 5. The number of anilines is 1. The standard InChI is InChI=1S/C13H25N3OS/c1-7-8-13(2,3)14-9-10-11(17-6)15-12(18-10)16(4)5/h14H,7-9H2,1-6H3. The molecule has 5 heteroatoms. The second-order valence-electron chi connectivity index (χ2n) is 5.31. The van der Waals surface area contributed by atoms with Crippen LogP contribution in [0.4, 0.5) is 5.13 Å². The molecule has 1 rings (SSSR count). The summed E-state index contributed by atoms with van der Waals surface area (Å²) in [5.74, 6) is 0.739. The highest BCUT2D eigenvalue weighted by molar-refractivity contribution is 7.15. The molecule has 1 aromatic rings. The van der Waals surface area contributed by atoms with Gasteiger partial charge in [-0.15, -0.1) is 0 Å². The van der Waals surface area contributed by atoms with Gasteiger partial charge in [0.25, 0.3) is 0 Å². The molecule has 0 unspecified atom stereocenters. The molecular weight excluding hydrogens is 246 g/mol. The molecule has 104 valence electrons. The van der Waals surface area contributed by atoms with Gasteiger partial charge in [0.05, 0.1) is 12.0 Å². The number of aromatic nitrogens is 1. The fourth-order valence-electron chi connectivity index (χ4n) is 1.82. The van der Waals surface area contributed by atoms with Crippen LogP contribution in [0.1, 0.15) is 38.5 Å². The highest BCUT2D eigenvalue weighted by atomic mass is 32.1. The lowest BCUT2D eigenvalue weighted by atomic mass is 9.99. The smallest absolute Gasteiger partial charge is 0.230 e. The maximum atomic E-state index is 5.33. The summed E-state index contributed by atoms with van der Waals surface area (Å²) in [5, 5.41) is 4.56. The molecule has 0 saturated carbocycles. The Labute approximate surface area is 114 Å². The van der Waals surface area contributed by atoms with Crippen molar-refractivity contribution in [2.24, 2.45) is 0 Å². The fraction of sp³-hybridized carbons (Fsp3) is 0.769. The van der Waals surface area contributed by atoms with E-state index in [1.807, 2.05) is 19.0 Å². The van der Waals surface area contributed by atoms with Crippen molar-refractivity contribution >= 4 is 16.5 Å². The van der Waals surface area contributed by atoms with E-state index in [4.69, 9.17) is 4.74 Å². The number of thiazole rings is 1. The predicted molar refractivity (Wildman–Crippen MR) is 78.8 cm³/mol. The Hall–Kier alpha value is -0.810. The number of hydrogen-bond donors (Lipinski definition) is 1. The van der Waals surface area contributed by atoms with Gasteiger partial charge in [0.15, 0.2) is 5.13 Å². The summed E-state index contributed by atoms with van der Waals surface area (Å²) < 4.78 is 5.33. The van der Waals surface area contributed by atoms with Crippen LogP contribution in [0.2, 0.25) is 0 Å². The van der Waals surface area contributed by atoms with E-state index in [0.29, 0.717) is 0 Å². The Morgan fingerprint density at radius 2 is 2.06 bits per heavy atom. The second-order valence-corrected chi connectivity index (χ2v) is 6.37. The zero-order valence-corrected chi connectivity index (χ0v) is 13.1. The van der Waals surface area contributed by atoms with Gasteiger partial charge in [-0.25, -0.2) is 0 Å². The van der Waals surface area contributed by atoms with E-state index >= 15 is 0 Å². The molecular formula is C13H25N3OS. The molecule has 0 aliphatic carbocycles. The molecule has 4 nitrogen and oxygen atoms in total. The lowest BCUT2D eigenvalue weighted by molar-refractivity contribution is 0.350. The van der Waals surface area contributed by atoms with Crippen LogP contribution in [0.3, 0.4) is 0 Å². The molecule has 0 amide bonds. The highest BCUT2D eigenvalue weighted by Gasteiger charge is 2.19. The number of methoxy groups -OCH3 is 1. The molecule has 1 aromatic heterocycles.